The lowest BCUT2D eigenvalue weighted by atomic mass is 10.3. The Balaban J connectivity index is 0.000000730. The summed E-state index contributed by atoms with van der Waals surface area (Å²) < 4.78 is 4.23. The van der Waals surface area contributed by atoms with Gasteiger partial charge in [0.05, 0.1) is 23.8 Å². The monoisotopic (exact) mass is 352 g/mol. The van der Waals surface area contributed by atoms with Crippen molar-refractivity contribution in [1.29, 1.82) is 0 Å². The van der Waals surface area contributed by atoms with Crippen molar-refractivity contribution < 1.29 is 0 Å². The largest absolute Gasteiger partial charge is 0.254 e. The Hall–Kier alpha value is -2.66. The second-order valence-electron chi connectivity index (χ2n) is 4.18. The number of rotatable bonds is 4. The average molecular weight is 353 g/mol. The van der Waals surface area contributed by atoms with Gasteiger partial charge in [-0.3, -0.25) is 9.98 Å². The number of benzene rings is 2. The number of para-hydroxylation sites is 2. The predicted octanol–water partition coefficient (Wildman–Crippen LogP) is 6.09. The van der Waals surface area contributed by atoms with E-state index in [1.807, 2.05) is 88.4 Å². The molecule has 0 spiro atoms. The van der Waals surface area contributed by atoms with Crippen molar-refractivity contribution in [2.45, 2.75) is 27.7 Å². The minimum Gasteiger partial charge on any atom is -0.254 e. The van der Waals surface area contributed by atoms with E-state index in [1.54, 1.807) is 12.4 Å². The first-order valence-corrected chi connectivity index (χ1v) is 9.19. The van der Waals surface area contributed by atoms with Gasteiger partial charge in [-0.05, 0) is 35.8 Å². The molecule has 3 rings (SSSR count). The summed E-state index contributed by atoms with van der Waals surface area (Å²) in [5.41, 5.74) is 1.78. The van der Waals surface area contributed by atoms with Gasteiger partial charge >= 0.3 is 0 Å². The quantitative estimate of drug-likeness (QED) is 0.533. The predicted molar refractivity (Wildman–Crippen MR) is 110 cm³/mol. The molecule has 0 N–H and O–H groups in total. The van der Waals surface area contributed by atoms with Crippen molar-refractivity contribution in [1.82, 2.24) is 9.36 Å². The van der Waals surface area contributed by atoms with E-state index in [4.69, 9.17) is 0 Å². The third kappa shape index (κ3) is 7.63. The van der Waals surface area contributed by atoms with Crippen LogP contribution in [0.2, 0.25) is 0 Å². The molecule has 0 saturated heterocycles. The molecule has 130 valence electrons. The van der Waals surface area contributed by atoms with E-state index in [0.29, 0.717) is 5.82 Å². The zero-order valence-electron chi connectivity index (χ0n) is 15.1. The Kier molecular flexibility index (Phi) is 10.4. The molecule has 1 aromatic heterocycles. The Morgan fingerprint density at radius 2 is 1.20 bits per heavy atom. The maximum absolute atomic E-state index is 4.35. The summed E-state index contributed by atoms with van der Waals surface area (Å²) in [5.74, 6) is 0.596. The molecule has 0 saturated carbocycles. The molecular weight excluding hydrogens is 328 g/mol. The smallest absolute Gasteiger partial charge is 0.184 e. The second-order valence-corrected chi connectivity index (χ2v) is 4.96. The molecule has 1 heterocycles. The van der Waals surface area contributed by atoms with Crippen molar-refractivity contribution in [2.75, 3.05) is 0 Å². The first-order valence-electron chi connectivity index (χ1n) is 8.42. The molecule has 0 radical (unpaired) electrons. The van der Waals surface area contributed by atoms with Crippen molar-refractivity contribution in [3.05, 3.63) is 71.5 Å². The topological polar surface area (TPSA) is 50.5 Å². The number of nitrogens with zero attached hydrogens (tertiary/aromatic N) is 4. The van der Waals surface area contributed by atoms with Crippen LogP contribution in [0.3, 0.4) is 0 Å². The van der Waals surface area contributed by atoms with Gasteiger partial charge in [0.15, 0.2) is 10.8 Å². The molecule has 0 aliphatic rings. The van der Waals surface area contributed by atoms with Crippen LogP contribution in [-0.2, 0) is 0 Å². The van der Waals surface area contributed by atoms with Gasteiger partial charge < -0.3 is 0 Å². The minimum absolute atomic E-state index is 0.596. The average Bonchev–Trinajstić information content (AvgIpc) is 3.17. The molecular formula is C20H24N4S. The van der Waals surface area contributed by atoms with Crippen LogP contribution < -0.4 is 0 Å². The highest BCUT2D eigenvalue weighted by Gasteiger charge is 1.99. The zero-order chi connectivity index (χ0) is 18.3. The summed E-state index contributed by atoms with van der Waals surface area (Å²) in [6, 6.07) is 19.4. The Labute approximate surface area is 154 Å². The molecule has 0 unspecified atom stereocenters. The summed E-state index contributed by atoms with van der Waals surface area (Å²) in [7, 11) is 0. The fourth-order valence-corrected chi connectivity index (χ4v) is 2.15. The van der Waals surface area contributed by atoms with Gasteiger partial charge in [-0.25, -0.2) is 4.98 Å². The van der Waals surface area contributed by atoms with E-state index < -0.39 is 0 Å². The number of aromatic nitrogens is 2. The highest BCUT2D eigenvalue weighted by molar-refractivity contribution is 7.07. The molecule has 5 heteroatoms. The van der Waals surface area contributed by atoms with Crippen LogP contribution in [0.5, 0.6) is 0 Å². The van der Waals surface area contributed by atoms with Crippen LogP contribution in [0, 0.1) is 0 Å². The number of aliphatic imine (C=N–C) groups is 2. The maximum Gasteiger partial charge on any atom is 0.184 e. The van der Waals surface area contributed by atoms with Crippen LogP contribution in [0.25, 0.3) is 0 Å². The van der Waals surface area contributed by atoms with E-state index in [9.17, 15) is 0 Å². The van der Waals surface area contributed by atoms with Gasteiger partial charge in [-0.1, -0.05) is 64.1 Å². The lowest BCUT2D eigenvalue weighted by Crippen LogP contribution is -1.85. The number of hydrogen-bond donors (Lipinski definition) is 0. The van der Waals surface area contributed by atoms with Gasteiger partial charge in [0.1, 0.15) is 0 Å². The summed E-state index contributed by atoms with van der Waals surface area (Å²) in [4.78, 5) is 13.0. The third-order valence-corrected chi connectivity index (χ3v) is 3.29. The Morgan fingerprint density at radius 3 is 1.72 bits per heavy atom. The molecule has 0 aliphatic heterocycles. The van der Waals surface area contributed by atoms with Crippen molar-refractivity contribution in [3.63, 3.8) is 0 Å². The molecule has 0 amide bonds. The van der Waals surface area contributed by atoms with E-state index in [0.717, 1.165) is 16.4 Å². The van der Waals surface area contributed by atoms with Crippen LogP contribution >= 0.6 is 11.5 Å². The van der Waals surface area contributed by atoms with Crippen molar-refractivity contribution >= 4 is 35.3 Å². The van der Waals surface area contributed by atoms with Gasteiger partial charge in [0, 0.05) is 0 Å². The molecule has 2 aromatic carbocycles. The molecule has 0 bridgehead atoms. The second kappa shape index (κ2) is 12.7. The highest BCUT2D eigenvalue weighted by Crippen LogP contribution is 2.11. The molecule has 3 aromatic rings. The van der Waals surface area contributed by atoms with Gasteiger partial charge in [-0.15, -0.1) is 0 Å². The van der Waals surface area contributed by atoms with Gasteiger partial charge in [0.25, 0.3) is 0 Å². The summed E-state index contributed by atoms with van der Waals surface area (Å²) >= 11 is 1.30. The summed E-state index contributed by atoms with van der Waals surface area (Å²) in [6.45, 7) is 8.00. The number of hydrogen-bond acceptors (Lipinski definition) is 5. The molecule has 0 atom stereocenters. The minimum atomic E-state index is 0.596. The molecule has 25 heavy (non-hydrogen) atoms. The Morgan fingerprint density at radius 1 is 0.720 bits per heavy atom. The van der Waals surface area contributed by atoms with E-state index in [1.165, 1.54) is 11.5 Å². The SMILES string of the molecule is C(=Nc1ccccc1)c1nsc(C=Nc2ccccc2)n1.CC.CC. The fraction of sp³-hybridized carbons (Fsp3) is 0.200. The normalized spacial score (nSPS) is 10.1. The van der Waals surface area contributed by atoms with Crippen LogP contribution in [0.1, 0.15) is 38.5 Å². The third-order valence-electron chi connectivity index (χ3n) is 2.62. The fourth-order valence-electron chi connectivity index (χ4n) is 1.64. The molecule has 0 fully saturated rings. The zero-order valence-corrected chi connectivity index (χ0v) is 15.9. The van der Waals surface area contributed by atoms with Gasteiger partial charge in [-0.2, -0.15) is 4.37 Å². The molecule has 0 aliphatic carbocycles. The summed E-state index contributed by atoms with van der Waals surface area (Å²) in [5, 5.41) is 0.758. The standard InChI is InChI=1S/C16H12N4S.2C2H6/c1-3-7-13(8-4-1)17-11-15-19-16(21-20-15)12-18-14-9-5-2-6-10-14;2*1-2/h1-12H;2*1-2H3. The van der Waals surface area contributed by atoms with E-state index in [-0.39, 0.29) is 0 Å². The van der Waals surface area contributed by atoms with E-state index in [2.05, 4.69) is 19.3 Å². The Bertz CT molecular complexity index is 686. The van der Waals surface area contributed by atoms with Crippen LogP contribution in [0.15, 0.2) is 70.6 Å². The summed E-state index contributed by atoms with van der Waals surface area (Å²) in [6.07, 6.45) is 3.37. The first kappa shape index (κ1) is 20.4. The lowest BCUT2D eigenvalue weighted by molar-refractivity contribution is 1.28. The highest BCUT2D eigenvalue weighted by atomic mass is 32.1. The van der Waals surface area contributed by atoms with Crippen molar-refractivity contribution in [2.24, 2.45) is 9.98 Å². The van der Waals surface area contributed by atoms with Crippen LogP contribution in [0.4, 0.5) is 11.4 Å². The maximum atomic E-state index is 4.35. The van der Waals surface area contributed by atoms with Gasteiger partial charge in [0.2, 0.25) is 0 Å². The molecule has 4 nitrogen and oxygen atoms in total. The van der Waals surface area contributed by atoms with Crippen molar-refractivity contribution in [3.8, 4) is 0 Å². The van der Waals surface area contributed by atoms with Crippen LogP contribution in [-0.4, -0.2) is 21.8 Å². The van der Waals surface area contributed by atoms with E-state index >= 15 is 0 Å². The first-order chi connectivity index (χ1) is 12.4. The lowest BCUT2D eigenvalue weighted by Gasteiger charge is -1.89.